The van der Waals surface area contributed by atoms with E-state index in [1.54, 1.807) is 77.6 Å². The van der Waals surface area contributed by atoms with Crippen LogP contribution in [-0.2, 0) is 6.54 Å². The van der Waals surface area contributed by atoms with Gasteiger partial charge in [-0.25, -0.2) is 4.90 Å². The minimum Gasteiger partial charge on any atom is -0.305 e. The Balaban J connectivity index is 1.33. The summed E-state index contributed by atoms with van der Waals surface area (Å²) in [5, 5.41) is 8.13. The molecule has 0 saturated carbocycles. The molecule has 1 aliphatic rings. The summed E-state index contributed by atoms with van der Waals surface area (Å²) in [6.07, 6.45) is 1.70. The molecule has 34 heavy (non-hydrogen) atoms. The third kappa shape index (κ3) is 3.96. The fourth-order valence-corrected chi connectivity index (χ4v) is 4.28. The lowest BCUT2D eigenvalue weighted by molar-refractivity contribution is 0.0924. The van der Waals surface area contributed by atoms with Crippen molar-refractivity contribution in [2.45, 2.75) is 6.54 Å². The lowest BCUT2D eigenvalue weighted by Gasteiger charge is -2.14. The minimum absolute atomic E-state index is 0.276. The molecule has 168 valence electrons. The zero-order valence-electron chi connectivity index (χ0n) is 17.5. The van der Waals surface area contributed by atoms with E-state index in [0.717, 1.165) is 10.5 Å². The van der Waals surface area contributed by atoms with E-state index in [-0.39, 0.29) is 5.56 Å². The van der Waals surface area contributed by atoms with Crippen LogP contribution in [0.3, 0.4) is 0 Å². The number of aromatic nitrogens is 2. The molecule has 0 spiro atoms. The molecule has 0 radical (unpaired) electrons. The number of amides is 3. The van der Waals surface area contributed by atoms with Crippen LogP contribution in [0.4, 0.5) is 11.5 Å². The van der Waals surface area contributed by atoms with Gasteiger partial charge in [0.1, 0.15) is 0 Å². The predicted molar refractivity (Wildman–Crippen MR) is 130 cm³/mol. The van der Waals surface area contributed by atoms with Crippen LogP contribution in [0.5, 0.6) is 0 Å². The van der Waals surface area contributed by atoms with Crippen LogP contribution in [0.25, 0.3) is 0 Å². The maximum atomic E-state index is 12.8. The number of halogens is 2. The maximum Gasteiger partial charge on any atom is 0.266 e. The van der Waals surface area contributed by atoms with Gasteiger partial charge in [0.25, 0.3) is 17.7 Å². The molecule has 1 N–H and O–H groups in total. The van der Waals surface area contributed by atoms with Crippen LogP contribution in [-0.4, -0.2) is 27.5 Å². The molecule has 1 aliphatic heterocycles. The molecule has 0 aliphatic carbocycles. The number of hydrogen-bond acceptors (Lipinski definition) is 4. The SMILES string of the molecule is O=C(Nc1ccn(Cc2c(Cl)cccc2Cl)n1)c1cccc(N2C(=O)c3ccccc3C2=O)c1. The highest BCUT2D eigenvalue weighted by Crippen LogP contribution is 2.29. The molecule has 0 saturated heterocycles. The Labute approximate surface area is 204 Å². The molecule has 3 amide bonds. The number of anilines is 2. The monoisotopic (exact) mass is 490 g/mol. The van der Waals surface area contributed by atoms with Gasteiger partial charge in [0, 0.05) is 33.4 Å². The van der Waals surface area contributed by atoms with Gasteiger partial charge in [0.2, 0.25) is 0 Å². The number of nitrogens with zero attached hydrogens (tertiary/aromatic N) is 3. The van der Waals surface area contributed by atoms with Gasteiger partial charge < -0.3 is 5.32 Å². The molecule has 3 aromatic carbocycles. The Morgan fingerprint density at radius 3 is 2.18 bits per heavy atom. The summed E-state index contributed by atoms with van der Waals surface area (Å²) in [5.41, 5.74) is 1.99. The van der Waals surface area contributed by atoms with E-state index in [1.165, 1.54) is 6.07 Å². The van der Waals surface area contributed by atoms with E-state index in [1.807, 2.05) is 0 Å². The van der Waals surface area contributed by atoms with Gasteiger partial charge in [-0.05, 0) is 42.5 Å². The summed E-state index contributed by atoms with van der Waals surface area (Å²) >= 11 is 12.4. The molecule has 0 unspecified atom stereocenters. The lowest BCUT2D eigenvalue weighted by Crippen LogP contribution is -2.29. The molecule has 0 fully saturated rings. The third-order valence-corrected chi connectivity index (χ3v) is 6.13. The molecule has 5 rings (SSSR count). The van der Waals surface area contributed by atoms with Crippen LogP contribution in [0.15, 0.2) is 79.0 Å². The molecule has 0 atom stereocenters. The Hall–Kier alpha value is -3.94. The standard InChI is InChI=1S/C25H16Cl2N4O3/c26-20-9-4-10-21(27)19(20)14-30-12-11-22(29-30)28-23(32)15-5-3-6-16(13-15)31-24(33)17-7-1-2-8-18(17)25(31)34/h1-13H,14H2,(H,28,29,32). The van der Waals surface area contributed by atoms with E-state index in [4.69, 9.17) is 23.2 Å². The van der Waals surface area contributed by atoms with Gasteiger partial charge in [0.05, 0.1) is 23.4 Å². The molecule has 7 nitrogen and oxygen atoms in total. The second kappa shape index (κ2) is 8.78. The molecule has 2 heterocycles. The summed E-state index contributed by atoms with van der Waals surface area (Å²) in [4.78, 5) is 39.4. The third-order valence-electron chi connectivity index (χ3n) is 5.42. The van der Waals surface area contributed by atoms with E-state index < -0.39 is 17.7 Å². The van der Waals surface area contributed by atoms with Crippen LogP contribution in [0.1, 0.15) is 36.6 Å². The van der Waals surface area contributed by atoms with Crippen molar-refractivity contribution < 1.29 is 14.4 Å². The average Bonchev–Trinajstić information content (AvgIpc) is 3.38. The van der Waals surface area contributed by atoms with Crippen molar-refractivity contribution in [3.63, 3.8) is 0 Å². The fourth-order valence-electron chi connectivity index (χ4n) is 3.76. The first kappa shape index (κ1) is 21.9. The first-order chi connectivity index (χ1) is 16.4. The zero-order valence-corrected chi connectivity index (χ0v) is 19.0. The molecule has 4 aromatic rings. The highest BCUT2D eigenvalue weighted by Gasteiger charge is 2.36. The Morgan fingerprint density at radius 2 is 1.50 bits per heavy atom. The Kier molecular flexibility index (Phi) is 5.65. The van der Waals surface area contributed by atoms with Crippen molar-refractivity contribution in [2.75, 3.05) is 10.2 Å². The van der Waals surface area contributed by atoms with Crippen LogP contribution < -0.4 is 10.2 Å². The van der Waals surface area contributed by atoms with Crippen molar-refractivity contribution in [3.05, 3.63) is 111 Å². The first-order valence-corrected chi connectivity index (χ1v) is 11.0. The van der Waals surface area contributed by atoms with E-state index >= 15 is 0 Å². The summed E-state index contributed by atoms with van der Waals surface area (Å²) in [7, 11) is 0. The van der Waals surface area contributed by atoms with Crippen molar-refractivity contribution in [3.8, 4) is 0 Å². The number of imide groups is 1. The minimum atomic E-state index is -0.431. The van der Waals surface area contributed by atoms with Gasteiger partial charge in [0.15, 0.2) is 5.82 Å². The summed E-state index contributed by atoms with van der Waals surface area (Å²) in [6.45, 7) is 0.337. The number of carbonyl (C=O) groups is 3. The van der Waals surface area contributed by atoms with Crippen LogP contribution >= 0.6 is 23.2 Å². The number of fused-ring (bicyclic) bond motifs is 1. The van der Waals surface area contributed by atoms with Crippen molar-refractivity contribution >= 4 is 52.4 Å². The second-order valence-corrected chi connectivity index (χ2v) is 8.41. The molecular formula is C25H16Cl2N4O3. The van der Waals surface area contributed by atoms with Gasteiger partial charge in [-0.3, -0.25) is 19.1 Å². The zero-order chi connectivity index (χ0) is 23.8. The maximum absolute atomic E-state index is 12.8. The van der Waals surface area contributed by atoms with Crippen LogP contribution in [0.2, 0.25) is 10.0 Å². The van der Waals surface area contributed by atoms with Crippen molar-refractivity contribution in [1.82, 2.24) is 9.78 Å². The highest BCUT2D eigenvalue weighted by atomic mass is 35.5. The summed E-state index contributed by atoms with van der Waals surface area (Å²) in [6, 6.07) is 19.9. The number of hydrogen-bond donors (Lipinski definition) is 1. The number of benzene rings is 3. The van der Waals surface area contributed by atoms with Gasteiger partial charge >= 0.3 is 0 Å². The molecular weight excluding hydrogens is 475 g/mol. The molecule has 0 bridgehead atoms. The molecule has 1 aromatic heterocycles. The average molecular weight is 491 g/mol. The normalized spacial score (nSPS) is 12.7. The van der Waals surface area contributed by atoms with E-state index in [2.05, 4.69) is 10.4 Å². The predicted octanol–water partition coefficient (Wildman–Crippen LogP) is 5.29. The topological polar surface area (TPSA) is 84.3 Å². The Bertz CT molecular complexity index is 1410. The smallest absolute Gasteiger partial charge is 0.266 e. The van der Waals surface area contributed by atoms with Crippen molar-refractivity contribution in [1.29, 1.82) is 0 Å². The number of rotatable bonds is 5. The lowest BCUT2D eigenvalue weighted by atomic mass is 10.1. The highest BCUT2D eigenvalue weighted by molar-refractivity contribution is 6.36. The summed E-state index contributed by atoms with van der Waals surface area (Å²) < 4.78 is 1.61. The fraction of sp³-hybridized carbons (Fsp3) is 0.0400. The largest absolute Gasteiger partial charge is 0.305 e. The van der Waals surface area contributed by atoms with Gasteiger partial charge in [-0.2, -0.15) is 5.10 Å². The van der Waals surface area contributed by atoms with Gasteiger partial charge in [-0.1, -0.05) is 47.5 Å². The van der Waals surface area contributed by atoms with E-state index in [9.17, 15) is 14.4 Å². The van der Waals surface area contributed by atoms with E-state index in [0.29, 0.717) is 39.2 Å². The first-order valence-electron chi connectivity index (χ1n) is 10.3. The number of nitrogens with one attached hydrogen (secondary N) is 1. The van der Waals surface area contributed by atoms with Gasteiger partial charge in [-0.15, -0.1) is 0 Å². The second-order valence-electron chi connectivity index (χ2n) is 7.59. The summed E-state index contributed by atoms with van der Waals surface area (Å²) in [5.74, 6) is -0.941. The quantitative estimate of drug-likeness (QED) is 0.385. The Morgan fingerprint density at radius 1 is 0.853 bits per heavy atom. The van der Waals surface area contributed by atoms with Crippen LogP contribution in [0, 0.1) is 0 Å². The van der Waals surface area contributed by atoms with Crippen molar-refractivity contribution in [2.24, 2.45) is 0 Å². The molecule has 9 heteroatoms. The number of carbonyl (C=O) groups excluding carboxylic acids is 3.